The molecule has 0 radical (unpaired) electrons. The van der Waals surface area contributed by atoms with Gasteiger partial charge in [-0.25, -0.2) is 0 Å². The summed E-state index contributed by atoms with van der Waals surface area (Å²) >= 11 is 0. The third-order valence-corrected chi connectivity index (χ3v) is 4.38. The second kappa shape index (κ2) is 6.09. The first-order valence-corrected chi connectivity index (χ1v) is 8.10. The van der Waals surface area contributed by atoms with Crippen LogP contribution < -0.4 is 5.32 Å². The Balaban J connectivity index is 1.75. The summed E-state index contributed by atoms with van der Waals surface area (Å²) < 4.78 is 10.6. The fourth-order valence-corrected chi connectivity index (χ4v) is 3.21. The van der Waals surface area contributed by atoms with Crippen LogP contribution in [0.3, 0.4) is 0 Å². The first-order valence-electron chi connectivity index (χ1n) is 8.10. The number of nitrogens with zero attached hydrogens (tertiary/aromatic N) is 1. The van der Waals surface area contributed by atoms with E-state index in [9.17, 15) is 4.79 Å². The lowest BCUT2D eigenvalue weighted by Crippen LogP contribution is -2.13. The van der Waals surface area contributed by atoms with E-state index in [1.165, 1.54) is 0 Å². The Morgan fingerprint density at radius 3 is 2.79 bits per heavy atom. The number of hydrogen-bond donors (Lipinski definition) is 1. The summed E-state index contributed by atoms with van der Waals surface area (Å²) in [5.41, 5.74) is 3.69. The quantitative estimate of drug-likeness (QED) is 0.546. The monoisotopic (exact) mass is 322 g/mol. The van der Waals surface area contributed by atoms with E-state index in [1.54, 1.807) is 7.11 Å². The van der Waals surface area contributed by atoms with Crippen LogP contribution >= 0.6 is 0 Å². The molecule has 24 heavy (non-hydrogen) atoms. The fourth-order valence-electron chi connectivity index (χ4n) is 3.21. The average Bonchev–Trinajstić information content (AvgIpc) is 3.04. The number of rotatable bonds is 6. The van der Waals surface area contributed by atoms with Crippen molar-refractivity contribution in [1.29, 1.82) is 0 Å². The Hall–Kier alpha value is -2.66. The summed E-state index contributed by atoms with van der Waals surface area (Å²) in [7, 11) is 1.70. The molecule has 2 aromatic carbocycles. The number of benzene rings is 2. The van der Waals surface area contributed by atoms with Crippen molar-refractivity contribution >= 4 is 22.4 Å². The third-order valence-electron chi connectivity index (χ3n) is 4.38. The lowest BCUT2D eigenvalue weighted by atomic mass is 9.87. The van der Waals surface area contributed by atoms with Crippen molar-refractivity contribution in [2.75, 3.05) is 25.6 Å². The number of carbonyl (C=O) groups is 1. The summed E-state index contributed by atoms with van der Waals surface area (Å²) in [5, 5.41) is 8.30. The molecule has 4 rings (SSSR count). The molecule has 0 amide bonds. The van der Waals surface area contributed by atoms with Gasteiger partial charge in [-0.15, -0.1) is 0 Å². The molecule has 0 fully saturated rings. The second-order valence-corrected chi connectivity index (χ2v) is 5.90. The average molecular weight is 322 g/mol. The van der Waals surface area contributed by atoms with Crippen molar-refractivity contribution in [2.45, 2.75) is 12.8 Å². The van der Waals surface area contributed by atoms with Crippen molar-refractivity contribution in [1.82, 2.24) is 5.16 Å². The van der Waals surface area contributed by atoms with Crippen molar-refractivity contribution in [3.05, 3.63) is 47.5 Å². The highest BCUT2D eigenvalue weighted by molar-refractivity contribution is 6.27. The van der Waals surface area contributed by atoms with Crippen LogP contribution in [-0.2, 0) is 4.74 Å². The van der Waals surface area contributed by atoms with Gasteiger partial charge < -0.3 is 14.6 Å². The number of aromatic nitrogens is 1. The van der Waals surface area contributed by atoms with E-state index < -0.39 is 0 Å². The molecule has 1 aromatic heterocycles. The Kier molecular flexibility index (Phi) is 3.78. The van der Waals surface area contributed by atoms with Crippen LogP contribution in [0.15, 0.2) is 40.9 Å². The molecule has 1 aliphatic carbocycles. The maximum Gasteiger partial charge on any atom is 0.196 e. The molecule has 0 aliphatic heterocycles. The van der Waals surface area contributed by atoms with E-state index in [0.29, 0.717) is 22.4 Å². The molecule has 0 atom stereocenters. The van der Waals surface area contributed by atoms with E-state index in [-0.39, 0.29) is 5.78 Å². The van der Waals surface area contributed by atoms with Gasteiger partial charge in [0.25, 0.3) is 0 Å². The van der Waals surface area contributed by atoms with Gasteiger partial charge in [0.2, 0.25) is 0 Å². The highest BCUT2D eigenvalue weighted by atomic mass is 16.5. The van der Waals surface area contributed by atoms with Crippen LogP contribution in [0.4, 0.5) is 5.69 Å². The molecule has 5 heteroatoms. The number of unbranched alkanes of at least 4 members (excludes halogenated alkanes) is 1. The topological polar surface area (TPSA) is 64.4 Å². The van der Waals surface area contributed by atoms with E-state index in [4.69, 9.17) is 9.26 Å². The molecule has 5 nitrogen and oxygen atoms in total. The first kappa shape index (κ1) is 14.9. The number of hydrogen-bond acceptors (Lipinski definition) is 5. The van der Waals surface area contributed by atoms with Crippen molar-refractivity contribution in [2.24, 2.45) is 0 Å². The van der Waals surface area contributed by atoms with Gasteiger partial charge in [0.1, 0.15) is 5.52 Å². The minimum absolute atomic E-state index is 0.0197. The number of ketones is 1. The molecule has 1 aliphatic rings. The van der Waals surface area contributed by atoms with E-state index in [0.717, 1.165) is 42.6 Å². The Bertz CT molecular complexity index is 914. The number of fused-ring (bicyclic) bond motifs is 2. The van der Waals surface area contributed by atoms with Crippen LogP contribution in [0.1, 0.15) is 28.8 Å². The number of carbonyl (C=O) groups excluding carboxylic acids is 1. The molecule has 1 N–H and O–H groups in total. The lowest BCUT2D eigenvalue weighted by molar-refractivity contribution is 0.104. The number of ether oxygens (including phenoxy) is 1. The Labute approximate surface area is 139 Å². The van der Waals surface area contributed by atoms with Gasteiger partial charge in [-0.1, -0.05) is 29.4 Å². The SMILES string of the molecule is COCCCCNc1ccc2noc3c2c1C(=O)c1ccccc1-3. The van der Waals surface area contributed by atoms with Gasteiger partial charge in [0.15, 0.2) is 11.5 Å². The summed E-state index contributed by atoms with van der Waals surface area (Å²) in [5.74, 6) is 0.699. The largest absolute Gasteiger partial charge is 0.385 e. The van der Waals surface area contributed by atoms with E-state index in [2.05, 4.69) is 10.5 Å². The number of anilines is 1. The highest BCUT2D eigenvalue weighted by Gasteiger charge is 2.30. The highest BCUT2D eigenvalue weighted by Crippen LogP contribution is 2.42. The molecule has 0 bridgehead atoms. The van der Waals surface area contributed by atoms with Gasteiger partial charge in [-0.05, 0) is 25.0 Å². The van der Waals surface area contributed by atoms with Gasteiger partial charge in [-0.3, -0.25) is 4.79 Å². The minimum Gasteiger partial charge on any atom is -0.385 e. The molecule has 3 aromatic rings. The van der Waals surface area contributed by atoms with Crippen molar-refractivity contribution in [3.8, 4) is 11.3 Å². The standard InChI is InChI=1S/C19H18N2O3/c1-23-11-5-4-10-20-14-8-9-15-17-16(14)18(22)12-6-2-3-7-13(12)19(17)24-21-15/h2-3,6-9,20H,4-5,10-11H2,1H3. The van der Waals surface area contributed by atoms with Gasteiger partial charge in [0.05, 0.1) is 10.9 Å². The van der Waals surface area contributed by atoms with Gasteiger partial charge in [-0.2, -0.15) is 0 Å². The summed E-state index contributed by atoms with van der Waals surface area (Å²) in [6.07, 6.45) is 1.96. The molecule has 0 unspecified atom stereocenters. The normalized spacial score (nSPS) is 12.5. The molecule has 122 valence electrons. The molecule has 0 spiro atoms. The Morgan fingerprint density at radius 1 is 1.12 bits per heavy atom. The fraction of sp³-hybridized carbons (Fsp3) is 0.263. The summed E-state index contributed by atoms with van der Waals surface area (Å²) in [6.45, 7) is 1.53. The zero-order valence-electron chi connectivity index (χ0n) is 13.5. The summed E-state index contributed by atoms with van der Waals surface area (Å²) in [4.78, 5) is 13.0. The molecule has 1 heterocycles. The second-order valence-electron chi connectivity index (χ2n) is 5.90. The zero-order chi connectivity index (χ0) is 16.5. The predicted octanol–water partition coefficient (Wildman–Crippen LogP) is 3.88. The number of nitrogens with one attached hydrogen (secondary N) is 1. The van der Waals surface area contributed by atoms with E-state index in [1.807, 2.05) is 36.4 Å². The van der Waals surface area contributed by atoms with Crippen LogP contribution in [0.2, 0.25) is 0 Å². The molecular weight excluding hydrogens is 304 g/mol. The van der Waals surface area contributed by atoms with Crippen LogP contribution in [0, 0.1) is 0 Å². The molecular formula is C19H18N2O3. The van der Waals surface area contributed by atoms with Gasteiger partial charge >= 0.3 is 0 Å². The van der Waals surface area contributed by atoms with E-state index >= 15 is 0 Å². The van der Waals surface area contributed by atoms with Crippen LogP contribution in [0.25, 0.3) is 22.2 Å². The predicted molar refractivity (Wildman–Crippen MR) is 92.5 cm³/mol. The Morgan fingerprint density at radius 2 is 1.96 bits per heavy atom. The van der Waals surface area contributed by atoms with Crippen molar-refractivity contribution in [3.63, 3.8) is 0 Å². The first-order chi connectivity index (χ1) is 11.8. The number of methoxy groups -OCH3 is 1. The van der Waals surface area contributed by atoms with Crippen molar-refractivity contribution < 1.29 is 14.1 Å². The van der Waals surface area contributed by atoms with Crippen LogP contribution in [-0.4, -0.2) is 31.2 Å². The van der Waals surface area contributed by atoms with Gasteiger partial charge in [0, 0.05) is 37.1 Å². The maximum absolute atomic E-state index is 13.0. The smallest absolute Gasteiger partial charge is 0.196 e. The minimum atomic E-state index is 0.0197. The molecule has 0 saturated heterocycles. The third kappa shape index (κ3) is 2.29. The summed E-state index contributed by atoms with van der Waals surface area (Å²) in [6, 6.07) is 11.3. The molecule has 0 saturated carbocycles. The maximum atomic E-state index is 13.0. The lowest BCUT2D eigenvalue weighted by Gasteiger charge is -2.17. The van der Waals surface area contributed by atoms with Crippen LogP contribution in [0.5, 0.6) is 0 Å². The zero-order valence-corrected chi connectivity index (χ0v) is 13.5.